The Morgan fingerprint density at radius 2 is 1.24 bits per heavy atom. The Morgan fingerprint density at radius 1 is 0.485 bits per heavy atom. The lowest BCUT2D eigenvalue weighted by atomic mass is 9.98. The van der Waals surface area contributed by atoms with Crippen molar-refractivity contribution in [1.82, 2.24) is 0 Å². The van der Waals surface area contributed by atoms with Gasteiger partial charge in [0.15, 0.2) is 0 Å². The lowest BCUT2D eigenvalue weighted by molar-refractivity contribution is 1.55. The fraction of sp³-hybridized carbons (Fsp3) is 0. The number of thiophene rings is 2. The largest absolute Gasteiger partial charge is 0.356 e. The van der Waals surface area contributed by atoms with Crippen LogP contribution in [0.15, 0.2) is 109 Å². The summed E-state index contributed by atoms with van der Waals surface area (Å²) in [5.74, 6) is 0. The standard InChI is InChI=1S/C30H19NS2/c1-2-9-20(10-3-1)31-21-11-6-8-19(18-21)22-13-7-15-26-28(22)29-27(32-26)17-16-24-23-12-4-5-14-25(23)33-30(24)29/h1-18,31H. The van der Waals surface area contributed by atoms with Gasteiger partial charge in [-0.1, -0.05) is 66.7 Å². The molecule has 3 heteroatoms. The SMILES string of the molecule is c1ccc(Nc2cccc(-c3cccc4sc5ccc6c7ccccc7sc6c5c34)c2)cc1. The minimum Gasteiger partial charge on any atom is -0.356 e. The Labute approximate surface area is 199 Å². The zero-order chi connectivity index (χ0) is 21.8. The van der Waals surface area contributed by atoms with E-state index in [2.05, 4.69) is 108 Å². The maximum absolute atomic E-state index is 3.55. The first-order valence-electron chi connectivity index (χ1n) is 11.0. The van der Waals surface area contributed by atoms with Gasteiger partial charge in [0.1, 0.15) is 0 Å². The van der Waals surface area contributed by atoms with Crippen LogP contribution in [0.1, 0.15) is 0 Å². The van der Waals surface area contributed by atoms with E-state index in [0.717, 1.165) is 11.4 Å². The first-order valence-corrected chi connectivity index (χ1v) is 12.7. The van der Waals surface area contributed by atoms with Crippen LogP contribution < -0.4 is 5.32 Å². The second kappa shape index (κ2) is 7.45. The monoisotopic (exact) mass is 457 g/mol. The molecule has 5 aromatic carbocycles. The van der Waals surface area contributed by atoms with E-state index >= 15 is 0 Å². The van der Waals surface area contributed by atoms with Gasteiger partial charge in [-0.25, -0.2) is 0 Å². The van der Waals surface area contributed by atoms with Gasteiger partial charge >= 0.3 is 0 Å². The van der Waals surface area contributed by atoms with E-state index in [0.29, 0.717) is 0 Å². The Hall–Kier alpha value is -3.66. The second-order valence-corrected chi connectivity index (χ2v) is 10.4. The van der Waals surface area contributed by atoms with Crippen molar-refractivity contribution in [2.24, 2.45) is 0 Å². The highest BCUT2D eigenvalue weighted by atomic mass is 32.1. The van der Waals surface area contributed by atoms with Crippen molar-refractivity contribution >= 4 is 74.4 Å². The van der Waals surface area contributed by atoms with Gasteiger partial charge in [0.25, 0.3) is 0 Å². The lowest BCUT2D eigenvalue weighted by Crippen LogP contribution is -1.90. The van der Waals surface area contributed by atoms with Crippen molar-refractivity contribution in [2.45, 2.75) is 0 Å². The number of rotatable bonds is 3. The third kappa shape index (κ3) is 3.05. The zero-order valence-corrected chi connectivity index (χ0v) is 19.3. The van der Waals surface area contributed by atoms with Crippen LogP contribution in [0.4, 0.5) is 11.4 Å². The lowest BCUT2D eigenvalue weighted by Gasteiger charge is -2.10. The minimum atomic E-state index is 1.10. The van der Waals surface area contributed by atoms with Crippen LogP contribution in [-0.4, -0.2) is 0 Å². The molecule has 156 valence electrons. The Kier molecular flexibility index (Phi) is 4.26. The maximum Gasteiger partial charge on any atom is 0.0448 e. The van der Waals surface area contributed by atoms with Gasteiger partial charge in [0.05, 0.1) is 0 Å². The minimum absolute atomic E-state index is 1.10. The second-order valence-electron chi connectivity index (χ2n) is 8.27. The van der Waals surface area contributed by atoms with Crippen LogP contribution in [-0.2, 0) is 0 Å². The number of fused-ring (bicyclic) bond motifs is 7. The summed E-state index contributed by atoms with van der Waals surface area (Å²) < 4.78 is 5.45. The van der Waals surface area contributed by atoms with E-state index in [1.54, 1.807) is 0 Å². The number of benzene rings is 5. The average molecular weight is 458 g/mol. The number of hydrogen-bond acceptors (Lipinski definition) is 3. The molecule has 0 atom stereocenters. The molecule has 0 saturated heterocycles. The number of hydrogen-bond donors (Lipinski definition) is 1. The molecule has 0 amide bonds. The van der Waals surface area contributed by atoms with Crippen molar-refractivity contribution in [3.8, 4) is 11.1 Å². The molecule has 0 spiro atoms. The molecule has 0 aliphatic heterocycles. The predicted octanol–water partition coefficient (Wildman–Crippen LogP) is 9.83. The van der Waals surface area contributed by atoms with E-state index in [1.807, 2.05) is 28.7 Å². The molecular weight excluding hydrogens is 438 g/mol. The molecule has 1 nitrogen and oxygen atoms in total. The van der Waals surface area contributed by atoms with Crippen molar-refractivity contribution < 1.29 is 0 Å². The molecule has 0 fully saturated rings. The fourth-order valence-corrected chi connectivity index (χ4v) is 7.24. The molecule has 0 saturated carbocycles. The van der Waals surface area contributed by atoms with Crippen molar-refractivity contribution in [2.75, 3.05) is 5.32 Å². The van der Waals surface area contributed by atoms with Crippen molar-refractivity contribution in [3.63, 3.8) is 0 Å². The van der Waals surface area contributed by atoms with Crippen LogP contribution in [0, 0.1) is 0 Å². The van der Waals surface area contributed by atoms with E-state index in [1.165, 1.54) is 51.5 Å². The molecule has 7 rings (SSSR count). The molecule has 33 heavy (non-hydrogen) atoms. The number of para-hydroxylation sites is 1. The van der Waals surface area contributed by atoms with Gasteiger partial charge in [-0.2, -0.15) is 0 Å². The topological polar surface area (TPSA) is 12.0 Å². The first kappa shape index (κ1) is 18.9. The van der Waals surface area contributed by atoms with Gasteiger partial charge in [0, 0.05) is 51.7 Å². The molecular formula is C30H19NS2. The Bertz CT molecular complexity index is 1790. The van der Waals surface area contributed by atoms with Crippen LogP contribution in [0.2, 0.25) is 0 Å². The Morgan fingerprint density at radius 3 is 2.18 bits per heavy atom. The summed E-state index contributed by atoms with van der Waals surface area (Å²) in [6.45, 7) is 0. The molecule has 0 aliphatic carbocycles. The molecule has 1 N–H and O–H groups in total. The fourth-order valence-electron chi connectivity index (χ4n) is 4.78. The highest BCUT2D eigenvalue weighted by molar-refractivity contribution is 7.29. The molecule has 2 aromatic heterocycles. The first-order chi connectivity index (χ1) is 16.3. The van der Waals surface area contributed by atoms with E-state index < -0.39 is 0 Å². The highest BCUT2D eigenvalue weighted by Gasteiger charge is 2.16. The smallest absolute Gasteiger partial charge is 0.0448 e. The summed E-state index contributed by atoms with van der Waals surface area (Å²) in [6.07, 6.45) is 0. The van der Waals surface area contributed by atoms with Gasteiger partial charge in [-0.05, 0) is 53.6 Å². The summed E-state index contributed by atoms with van der Waals surface area (Å²) in [6, 6.07) is 39.2. The molecule has 7 aromatic rings. The highest BCUT2D eigenvalue weighted by Crippen LogP contribution is 2.47. The van der Waals surface area contributed by atoms with Crippen LogP contribution in [0.5, 0.6) is 0 Å². The van der Waals surface area contributed by atoms with Gasteiger partial charge in [0.2, 0.25) is 0 Å². The summed E-state index contributed by atoms with van der Waals surface area (Å²) in [4.78, 5) is 0. The van der Waals surface area contributed by atoms with Gasteiger partial charge in [-0.3, -0.25) is 0 Å². The molecule has 0 unspecified atom stereocenters. The van der Waals surface area contributed by atoms with Crippen LogP contribution in [0.3, 0.4) is 0 Å². The zero-order valence-electron chi connectivity index (χ0n) is 17.7. The van der Waals surface area contributed by atoms with E-state index in [4.69, 9.17) is 0 Å². The molecule has 2 heterocycles. The quantitative estimate of drug-likeness (QED) is 0.278. The number of anilines is 2. The molecule has 0 aliphatic rings. The van der Waals surface area contributed by atoms with E-state index in [9.17, 15) is 0 Å². The third-order valence-corrected chi connectivity index (χ3v) is 8.57. The van der Waals surface area contributed by atoms with Crippen molar-refractivity contribution in [1.29, 1.82) is 0 Å². The van der Waals surface area contributed by atoms with Crippen LogP contribution in [0.25, 0.3) is 51.5 Å². The Balaban J connectivity index is 1.48. The summed E-state index contributed by atoms with van der Waals surface area (Å²) in [5.41, 5.74) is 4.72. The van der Waals surface area contributed by atoms with E-state index in [-0.39, 0.29) is 0 Å². The third-order valence-electron chi connectivity index (χ3n) is 6.24. The normalized spacial score (nSPS) is 11.6. The van der Waals surface area contributed by atoms with Gasteiger partial charge < -0.3 is 5.32 Å². The molecule has 0 bridgehead atoms. The summed E-state index contributed by atoms with van der Waals surface area (Å²) in [7, 11) is 0. The number of nitrogens with one attached hydrogen (secondary N) is 1. The summed E-state index contributed by atoms with van der Waals surface area (Å²) in [5, 5.41) is 9.02. The maximum atomic E-state index is 3.55. The predicted molar refractivity (Wildman–Crippen MR) is 147 cm³/mol. The summed E-state index contributed by atoms with van der Waals surface area (Å²) >= 11 is 3.81. The van der Waals surface area contributed by atoms with Crippen LogP contribution >= 0.6 is 22.7 Å². The molecule has 0 radical (unpaired) electrons. The van der Waals surface area contributed by atoms with Crippen molar-refractivity contribution in [3.05, 3.63) is 109 Å². The van der Waals surface area contributed by atoms with Gasteiger partial charge in [-0.15, -0.1) is 22.7 Å². The average Bonchev–Trinajstić information content (AvgIpc) is 3.43.